The van der Waals surface area contributed by atoms with E-state index < -0.39 is 0 Å². The van der Waals surface area contributed by atoms with E-state index in [4.69, 9.17) is 0 Å². The number of carbonyl (C=O) groups is 1. The zero-order valence-corrected chi connectivity index (χ0v) is 10.2. The molecule has 0 saturated carbocycles. The quantitative estimate of drug-likeness (QED) is 0.856. The summed E-state index contributed by atoms with van der Waals surface area (Å²) in [5.41, 5.74) is 0.543. The van der Waals surface area contributed by atoms with Gasteiger partial charge in [0, 0.05) is 25.6 Å². The third-order valence-electron chi connectivity index (χ3n) is 2.01. The van der Waals surface area contributed by atoms with Gasteiger partial charge < -0.3 is 5.32 Å². The van der Waals surface area contributed by atoms with Crippen molar-refractivity contribution in [3.05, 3.63) is 42.6 Å². The molecule has 90 valence electrons. The standard InChI is InChI=1S/C10H10N4O.C2H6/c1-11-10(15)8-2-3-9(13-6-8)14-5-4-12-7-14;1-2/h2-7H,1H3,(H,11,15);1-2H3. The second kappa shape index (κ2) is 6.42. The van der Waals surface area contributed by atoms with Gasteiger partial charge >= 0.3 is 0 Å². The van der Waals surface area contributed by atoms with Crippen LogP contribution in [-0.4, -0.2) is 27.5 Å². The second-order valence-electron chi connectivity index (χ2n) is 2.95. The van der Waals surface area contributed by atoms with E-state index in [1.165, 1.54) is 6.20 Å². The molecule has 0 saturated heterocycles. The third-order valence-corrected chi connectivity index (χ3v) is 2.01. The summed E-state index contributed by atoms with van der Waals surface area (Å²) in [6.45, 7) is 4.00. The molecule has 0 aliphatic heterocycles. The van der Waals surface area contributed by atoms with Gasteiger partial charge in [-0.3, -0.25) is 9.36 Å². The van der Waals surface area contributed by atoms with Crippen LogP contribution in [-0.2, 0) is 0 Å². The molecule has 2 heterocycles. The molecule has 0 fully saturated rings. The number of carbonyl (C=O) groups excluding carboxylic acids is 1. The molecule has 17 heavy (non-hydrogen) atoms. The number of pyridine rings is 1. The first-order chi connectivity index (χ1) is 8.31. The highest BCUT2D eigenvalue weighted by atomic mass is 16.1. The van der Waals surface area contributed by atoms with Crippen LogP contribution in [0.1, 0.15) is 24.2 Å². The zero-order chi connectivity index (χ0) is 12.7. The van der Waals surface area contributed by atoms with Crippen molar-refractivity contribution in [1.29, 1.82) is 0 Å². The first kappa shape index (κ1) is 12.9. The highest BCUT2D eigenvalue weighted by Crippen LogP contribution is 2.04. The van der Waals surface area contributed by atoms with E-state index in [2.05, 4.69) is 15.3 Å². The monoisotopic (exact) mass is 232 g/mol. The largest absolute Gasteiger partial charge is 0.355 e. The Morgan fingerprint density at radius 2 is 2.12 bits per heavy atom. The van der Waals surface area contributed by atoms with E-state index in [0.29, 0.717) is 5.56 Å². The normalized spacial score (nSPS) is 9.12. The Hall–Kier alpha value is -2.17. The Balaban J connectivity index is 0.000000686. The fourth-order valence-electron chi connectivity index (χ4n) is 1.21. The lowest BCUT2D eigenvalue weighted by Crippen LogP contribution is -2.18. The van der Waals surface area contributed by atoms with Gasteiger partial charge in [-0.25, -0.2) is 9.97 Å². The van der Waals surface area contributed by atoms with Crippen LogP contribution in [0.4, 0.5) is 0 Å². The summed E-state index contributed by atoms with van der Waals surface area (Å²) < 4.78 is 1.77. The Morgan fingerprint density at radius 1 is 1.35 bits per heavy atom. The molecule has 2 aromatic heterocycles. The number of hydrogen-bond donors (Lipinski definition) is 1. The van der Waals surface area contributed by atoms with E-state index in [1.807, 2.05) is 13.8 Å². The second-order valence-corrected chi connectivity index (χ2v) is 2.95. The van der Waals surface area contributed by atoms with E-state index in [-0.39, 0.29) is 5.91 Å². The van der Waals surface area contributed by atoms with Gasteiger partial charge in [0.1, 0.15) is 12.1 Å². The predicted octanol–water partition coefficient (Wildman–Crippen LogP) is 1.65. The molecule has 5 nitrogen and oxygen atoms in total. The highest BCUT2D eigenvalue weighted by molar-refractivity contribution is 5.93. The van der Waals surface area contributed by atoms with Crippen molar-refractivity contribution in [2.24, 2.45) is 0 Å². The van der Waals surface area contributed by atoms with Crippen molar-refractivity contribution >= 4 is 5.91 Å². The average molecular weight is 232 g/mol. The van der Waals surface area contributed by atoms with Crippen LogP contribution < -0.4 is 5.32 Å². The van der Waals surface area contributed by atoms with E-state index >= 15 is 0 Å². The molecule has 0 aromatic carbocycles. The smallest absolute Gasteiger partial charge is 0.252 e. The number of nitrogens with one attached hydrogen (secondary N) is 1. The summed E-state index contributed by atoms with van der Waals surface area (Å²) in [5.74, 6) is 0.597. The number of rotatable bonds is 2. The maximum atomic E-state index is 11.2. The van der Waals surface area contributed by atoms with Gasteiger partial charge in [-0.1, -0.05) is 13.8 Å². The lowest BCUT2D eigenvalue weighted by atomic mass is 10.2. The third kappa shape index (κ3) is 3.14. The van der Waals surface area contributed by atoms with E-state index in [9.17, 15) is 4.79 Å². The van der Waals surface area contributed by atoms with Crippen molar-refractivity contribution in [2.45, 2.75) is 13.8 Å². The molecular weight excluding hydrogens is 216 g/mol. The van der Waals surface area contributed by atoms with Crippen molar-refractivity contribution in [3.8, 4) is 5.82 Å². The Labute approximate surface area is 101 Å². The number of aromatic nitrogens is 3. The maximum Gasteiger partial charge on any atom is 0.252 e. The number of hydrogen-bond acceptors (Lipinski definition) is 3. The molecule has 2 rings (SSSR count). The molecule has 0 aliphatic rings. The van der Waals surface area contributed by atoms with Crippen LogP contribution in [0.15, 0.2) is 37.1 Å². The van der Waals surface area contributed by atoms with Gasteiger partial charge in [0.15, 0.2) is 0 Å². The molecule has 5 heteroatoms. The van der Waals surface area contributed by atoms with Crippen LogP contribution >= 0.6 is 0 Å². The fraction of sp³-hybridized carbons (Fsp3) is 0.250. The lowest BCUT2D eigenvalue weighted by molar-refractivity contribution is 0.0963. The molecule has 0 bridgehead atoms. The van der Waals surface area contributed by atoms with Crippen LogP contribution in [0.2, 0.25) is 0 Å². The van der Waals surface area contributed by atoms with Gasteiger partial charge in [0.25, 0.3) is 5.91 Å². The maximum absolute atomic E-state index is 11.2. The van der Waals surface area contributed by atoms with Gasteiger partial charge in [0.2, 0.25) is 0 Å². The van der Waals surface area contributed by atoms with Gasteiger partial charge in [-0.15, -0.1) is 0 Å². The molecule has 0 unspecified atom stereocenters. The minimum atomic E-state index is -0.139. The Bertz CT molecular complexity index is 448. The van der Waals surface area contributed by atoms with Crippen LogP contribution in [0, 0.1) is 0 Å². The highest BCUT2D eigenvalue weighted by Gasteiger charge is 2.03. The Kier molecular flexibility index (Phi) is 4.87. The van der Waals surface area contributed by atoms with Crippen LogP contribution in [0.3, 0.4) is 0 Å². The lowest BCUT2D eigenvalue weighted by Gasteiger charge is -2.02. The van der Waals surface area contributed by atoms with Gasteiger partial charge in [0.05, 0.1) is 5.56 Å². The molecule has 0 atom stereocenters. The van der Waals surface area contributed by atoms with E-state index in [1.54, 1.807) is 42.5 Å². The van der Waals surface area contributed by atoms with Crippen molar-refractivity contribution in [2.75, 3.05) is 7.05 Å². The van der Waals surface area contributed by atoms with Crippen LogP contribution in [0.25, 0.3) is 5.82 Å². The summed E-state index contributed by atoms with van der Waals surface area (Å²) in [5, 5.41) is 2.54. The molecule has 1 amide bonds. The number of imidazole rings is 1. The number of amides is 1. The van der Waals surface area contributed by atoms with Crippen LogP contribution in [0.5, 0.6) is 0 Å². The van der Waals surface area contributed by atoms with Crippen molar-refractivity contribution in [1.82, 2.24) is 19.9 Å². The molecule has 1 N–H and O–H groups in total. The molecule has 0 aliphatic carbocycles. The number of nitrogens with zero attached hydrogens (tertiary/aromatic N) is 3. The van der Waals surface area contributed by atoms with Crippen molar-refractivity contribution < 1.29 is 4.79 Å². The summed E-state index contributed by atoms with van der Waals surface area (Å²) in [7, 11) is 1.59. The first-order valence-electron chi connectivity index (χ1n) is 5.48. The minimum Gasteiger partial charge on any atom is -0.355 e. The fourth-order valence-corrected chi connectivity index (χ4v) is 1.21. The molecular formula is C12H16N4O. The Morgan fingerprint density at radius 3 is 2.59 bits per heavy atom. The molecule has 0 radical (unpaired) electrons. The first-order valence-corrected chi connectivity index (χ1v) is 5.48. The molecule has 2 aromatic rings. The van der Waals surface area contributed by atoms with Gasteiger partial charge in [-0.05, 0) is 12.1 Å². The summed E-state index contributed by atoms with van der Waals surface area (Å²) in [4.78, 5) is 19.3. The molecule has 0 spiro atoms. The topological polar surface area (TPSA) is 59.8 Å². The SMILES string of the molecule is CC.CNC(=O)c1ccc(-n2ccnc2)nc1. The summed E-state index contributed by atoms with van der Waals surface area (Å²) >= 11 is 0. The summed E-state index contributed by atoms with van der Waals surface area (Å²) in [6.07, 6.45) is 6.66. The summed E-state index contributed by atoms with van der Waals surface area (Å²) in [6, 6.07) is 3.49. The van der Waals surface area contributed by atoms with Crippen molar-refractivity contribution in [3.63, 3.8) is 0 Å². The van der Waals surface area contributed by atoms with Gasteiger partial charge in [-0.2, -0.15) is 0 Å². The average Bonchev–Trinajstić information content (AvgIpc) is 2.94. The predicted molar refractivity (Wildman–Crippen MR) is 66.1 cm³/mol. The zero-order valence-electron chi connectivity index (χ0n) is 10.2. The minimum absolute atomic E-state index is 0.139. The van der Waals surface area contributed by atoms with E-state index in [0.717, 1.165) is 5.82 Å².